The molecule has 2 nitrogen and oxygen atoms in total. The van der Waals surface area contributed by atoms with E-state index >= 15 is 0 Å². The third-order valence-electron chi connectivity index (χ3n) is 1.64. The van der Waals surface area contributed by atoms with E-state index in [1.165, 1.54) is 5.20 Å². The molecule has 0 amide bonds. The molecule has 3 heteroatoms. The smallest absolute Gasteiger partial charge is 0.351 e. The van der Waals surface area contributed by atoms with Crippen molar-refractivity contribution in [3.8, 4) is 0 Å². The summed E-state index contributed by atoms with van der Waals surface area (Å²) in [5.41, 5.74) is 0. The Bertz CT molecular complexity index is 140. The van der Waals surface area contributed by atoms with Crippen LogP contribution in [0.1, 0.15) is 34.1 Å². The molecule has 78 valence electrons. The molecule has 13 heavy (non-hydrogen) atoms. The van der Waals surface area contributed by atoms with Gasteiger partial charge in [-0.25, -0.2) is 0 Å². The minimum absolute atomic E-state index is 0.642. The van der Waals surface area contributed by atoms with Crippen LogP contribution < -0.4 is 0 Å². The van der Waals surface area contributed by atoms with Crippen molar-refractivity contribution >= 4 is 9.28 Å². The molecule has 0 unspecified atom stereocenters. The molecule has 0 fully saturated rings. The molecule has 0 heterocycles. The molecule has 0 radical (unpaired) electrons. The van der Waals surface area contributed by atoms with E-state index in [1.54, 1.807) is 0 Å². The Hall–Kier alpha value is -0.123. The SMILES string of the molecule is C=C(CC(C)C)[SiH](OCC)OCC. The first-order chi connectivity index (χ1) is 6.11. The second kappa shape index (κ2) is 7.30. The van der Waals surface area contributed by atoms with Gasteiger partial charge in [-0.3, -0.25) is 0 Å². The molecule has 0 aromatic carbocycles. The Morgan fingerprint density at radius 1 is 1.23 bits per heavy atom. The maximum Gasteiger partial charge on any atom is 0.351 e. The molecule has 0 aromatic heterocycles. The van der Waals surface area contributed by atoms with E-state index in [9.17, 15) is 0 Å². The van der Waals surface area contributed by atoms with Crippen LogP contribution in [0.2, 0.25) is 0 Å². The zero-order chi connectivity index (χ0) is 10.3. The normalized spacial score (nSPS) is 11.2. The minimum atomic E-state index is -1.58. The van der Waals surface area contributed by atoms with Gasteiger partial charge in [-0.15, -0.1) is 0 Å². The van der Waals surface area contributed by atoms with Crippen LogP contribution in [-0.4, -0.2) is 22.5 Å². The van der Waals surface area contributed by atoms with Crippen molar-refractivity contribution in [2.45, 2.75) is 34.1 Å². The van der Waals surface area contributed by atoms with Gasteiger partial charge in [0.2, 0.25) is 0 Å². The molecule has 0 rings (SSSR count). The van der Waals surface area contributed by atoms with E-state index in [0.29, 0.717) is 5.92 Å². The summed E-state index contributed by atoms with van der Waals surface area (Å²) in [6.45, 7) is 13.9. The molecule has 0 aliphatic rings. The van der Waals surface area contributed by atoms with Gasteiger partial charge in [0, 0.05) is 13.2 Å². The molecule has 0 saturated heterocycles. The highest BCUT2D eigenvalue weighted by Gasteiger charge is 2.17. The highest BCUT2D eigenvalue weighted by molar-refractivity contribution is 6.53. The van der Waals surface area contributed by atoms with Gasteiger partial charge < -0.3 is 8.85 Å². The van der Waals surface area contributed by atoms with Gasteiger partial charge in [-0.1, -0.05) is 20.4 Å². The van der Waals surface area contributed by atoms with Gasteiger partial charge in [0.05, 0.1) is 0 Å². The lowest BCUT2D eigenvalue weighted by molar-refractivity contribution is 0.219. The monoisotopic (exact) mass is 202 g/mol. The van der Waals surface area contributed by atoms with Crippen LogP contribution in [0.5, 0.6) is 0 Å². The van der Waals surface area contributed by atoms with Crippen LogP contribution in [0.15, 0.2) is 11.8 Å². The van der Waals surface area contributed by atoms with Crippen molar-refractivity contribution in [3.63, 3.8) is 0 Å². The number of hydrogen-bond donors (Lipinski definition) is 0. The van der Waals surface area contributed by atoms with Crippen molar-refractivity contribution in [2.75, 3.05) is 13.2 Å². The second-order valence-electron chi connectivity index (χ2n) is 3.50. The minimum Gasteiger partial charge on any atom is -0.394 e. The Morgan fingerprint density at radius 3 is 2.00 bits per heavy atom. The molecule has 0 saturated carbocycles. The van der Waals surface area contributed by atoms with Gasteiger partial charge in [0.1, 0.15) is 0 Å². The summed E-state index contributed by atoms with van der Waals surface area (Å²) in [6.07, 6.45) is 1.02. The third-order valence-corrected chi connectivity index (χ3v) is 3.81. The Kier molecular flexibility index (Phi) is 7.23. The first-order valence-corrected chi connectivity index (χ1v) is 6.54. The van der Waals surface area contributed by atoms with Crippen molar-refractivity contribution in [1.82, 2.24) is 0 Å². The molecule has 0 aromatic rings. The Labute approximate surface area is 83.8 Å². The Morgan fingerprint density at radius 2 is 1.69 bits per heavy atom. The highest BCUT2D eigenvalue weighted by Crippen LogP contribution is 2.13. The van der Waals surface area contributed by atoms with Crippen molar-refractivity contribution < 1.29 is 8.85 Å². The average molecular weight is 202 g/mol. The summed E-state index contributed by atoms with van der Waals surface area (Å²) in [5, 5.41) is 1.18. The number of hydrogen-bond acceptors (Lipinski definition) is 2. The molecule has 0 N–H and O–H groups in total. The summed E-state index contributed by atoms with van der Waals surface area (Å²) >= 11 is 0. The predicted octanol–water partition coefficient (Wildman–Crippen LogP) is 2.42. The highest BCUT2D eigenvalue weighted by atomic mass is 28.3. The van der Waals surface area contributed by atoms with Gasteiger partial charge in [0.15, 0.2) is 0 Å². The summed E-state index contributed by atoms with van der Waals surface area (Å²) < 4.78 is 11.1. The molecule has 0 spiro atoms. The summed E-state index contributed by atoms with van der Waals surface area (Å²) in [6, 6.07) is 0. The van der Waals surface area contributed by atoms with E-state index < -0.39 is 9.28 Å². The van der Waals surface area contributed by atoms with Gasteiger partial charge >= 0.3 is 9.28 Å². The molecule has 0 aliphatic heterocycles. The molecular weight excluding hydrogens is 180 g/mol. The van der Waals surface area contributed by atoms with Crippen molar-refractivity contribution in [2.24, 2.45) is 5.92 Å². The van der Waals surface area contributed by atoms with Gasteiger partial charge in [0.25, 0.3) is 0 Å². The fourth-order valence-corrected chi connectivity index (χ4v) is 3.04. The lowest BCUT2D eigenvalue weighted by Crippen LogP contribution is -2.26. The molecule has 0 aliphatic carbocycles. The van der Waals surface area contributed by atoms with Gasteiger partial charge in [-0.05, 0) is 31.4 Å². The summed E-state index contributed by atoms with van der Waals surface area (Å²) in [5.74, 6) is 0.642. The quantitative estimate of drug-likeness (QED) is 0.590. The maximum absolute atomic E-state index is 5.56. The van der Waals surface area contributed by atoms with E-state index in [1.807, 2.05) is 13.8 Å². The van der Waals surface area contributed by atoms with Crippen LogP contribution in [0.25, 0.3) is 0 Å². The average Bonchev–Trinajstić information content (AvgIpc) is 2.02. The fourth-order valence-electron chi connectivity index (χ4n) is 1.21. The second-order valence-corrected chi connectivity index (χ2v) is 5.65. The molecular formula is C10H22O2Si. The van der Waals surface area contributed by atoms with Crippen LogP contribution in [0.3, 0.4) is 0 Å². The standard InChI is InChI=1S/C10H22O2Si/c1-6-11-13(12-7-2)10(5)8-9(3)4/h9,13H,5-8H2,1-4H3. The topological polar surface area (TPSA) is 18.5 Å². The molecule has 0 bridgehead atoms. The van der Waals surface area contributed by atoms with Crippen LogP contribution in [0.4, 0.5) is 0 Å². The van der Waals surface area contributed by atoms with Crippen LogP contribution in [-0.2, 0) is 8.85 Å². The first kappa shape index (κ1) is 12.9. The summed E-state index contributed by atoms with van der Waals surface area (Å²) in [4.78, 5) is 0. The van der Waals surface area contributed by atoms with Crippen molar-refractivity contribution in [3.05, 3.63) is 11.8 Å². The zero-order valence-corrected chi connectivity index (χ0v) is 10.5. The van der Waals surface area contributed by atoms with E-state index in [0.717, 1.165) is 19.6 Å². The maximum atomic E-state index is 5.56. The number of rotatable bonds is 7. The number of allylic oxidation sites excluding steroid dienone is 1. The van der Waals surface area contributed by atoms with Crippen molar-refractivity contribution in [1.29, 1.82) is 0 Å². The van der Waals surface area contributed by atoms with Gasteiger partial charge in [-0.2, -0.15) is 0 Å². The van der Waals surface area contributed by atoms with E-state index in [4.69, 9.17) is 8.85 Å². The lowest BCUT2D eigenvalue weighted by atomic mass is 10.1. The third kappa shape index (κ3) is 6.02. The fraction of sp³-hybridized carbons (Fsp3) is 0.800. The van der Waals surface area contributed by atoms with E-state index in [2.05, 4.69) is 20.4 Å². The molecule has 0 atom stereocenters. The first-order valence-electron chi connectivity index (χ1n) is 5.02. The largest absolute Gasteiger partial charge is 0.394 e. The van der Waals surface area contributed by atoms with Crippen LogP contribution in [0, 0.1) is 5.92 Å². The predicted molar refractivity (Wildman–Crippen MR) is 59.0 cm³/mol. The van der Waals surface area contributed by atoms with Crippen LogP contribution >= 0.6 is 0 Å². The Balaban J connectivity index is 3.95. The zero-order valence-electron chi connectivity index (χ0n) is 9.30. The van der Waals surface area contributed by atoms with E-state index in [-0.39, 0.29) is 0 Å². The lowest BCUT2D eigenvalue weighted by Gasteiger charge is -2.18. The summed E-state index contributed by atoms with van der Waals surface area (Å²) in [7, 11) is -1.58.